The standard InChI is InChI=1S/C27H25NO5/c1-31-26(30)27(14-16-7-3-2-4-8-16)22-20-15-32-25(33-20)24(29)21(22)23(28-27)19-12-11-17-9-5-6-10-18(17)13-19/h2-13,20-23,25,28H,14-15H2,1H3/t20-,21+,22-,23-,25-,27+/m1/s1. The Bertz CT molecular complexity index is 1230. The van der Waals surface area contributed by atoms with Crippen molar-refractivity contribution < 1.29 is 23.8 Å². The van der Waals surface area contributed by atoms with Crippen LogP contribution >= 0.6 is 0 Å². The molecule has 3 saturated heterocycles. The summed E-state index contributed by atoms with van der Waals surface area (Å²) in [6.45, 7) is 0.289. The van der Waals surface area contributed by atoms with Gasteiger partial charge in [-0.1, -0.05) is 66.7 Å². The van der Waals surface area contributed by atoms with E-state index in [0.29, 0.717) is 6.42 Å². The normalized spacial score (nSPS) is 32.6. The van der Waals surface area contributed by atoms with Gasteiger partial charge in [-0.2, -0.15) is 0 Å². The molecule has 3 aromatic carbocycles. The largest absolute Gasteiger partial charge is 0.468 e. The molecule has 0 aliphatic carbocycles. The lowest BCUT2D eigenvalue weighted by Gasteiger charge is -2.38. The lowest BCUT2D eigenvalue weighted by Crippen LogP contribution is -2.59. The molecule has 3 aliphatic heterocycles. The van der Waals surface area contributed by atoms with E-state index >= 15 is 0 Å². The van der Waals surface area contributed by atoms with Crippen LogP contribution in [0.1, 0.15) is 17.2 Å². The van der Waals surface area contributed by atoms with Crippen LogP contribution in [0.5, 0.6) is 0 Å². The van der Waals surface area contributed by atoms with Crippen molar-refractivity contribution in [3.63, 3.8) is 0 Å². The van der Waals surface area contributed by atoms with Gasteiger partial charge >= 0.3 is 5.97 Å². The summed E-state index contributed by atoms with van der Waals surface area (Å²) in [6, 6.07) is 23.8. The smallest absolute Gasteiger partial charge is 0.326 e. The van der Waals surface area contributed by atoms with Crippen LogP contribution in [0.15, 0.2) is 72.8 Å². The molecular weight excluding hydrogens is 418 g/mol. The average Bonchev–Trinajstić information content (AvgIpc) is 3.44. The maximum atomic E-state index is 13.5. The number of nitrogens with one attached hydrogen (secondary N) is 1. The molecule has 3 aromatic rings. The summed E-state index contributed by atoms with van der Waals surface area (Å²) in [4.78, 5) is 27.0. The zero-order chi connectivity index (χ0) is 22.6. The van der Waals surface area contributed by atoms with E-state index < -0.39 is 23.7 Å². The maximum Gasteiger partial charge on any atom is 0.326 e. The SMILES string of the molecule is COC(=O)[C@@]1(Cc2ccccc2)N[C@H](c2ccc3ccccc3c2)[C@H]2C(=O)[C@@H]3OC[C@@H](O3)[C@H]21. The van der Waals surface area contributed by atoms with Gasteiger partial charge in [-0.25, -0.2) is 0 Å². The van der Waals surface area contributed by atoms with Gasteiger partial charge in [-0.15, -0.1) is 0 Å². The average molecular weight is 443 g/mol. The number of ketones is 1. The van der Waals surface area contributed by atoms with E-state index in [4.69, 9.17) is 14.2 Å². The molecular formula is C27H25NO5. The molecule has 1 N–H and O–H groups in total. The van der Waals surface area contributed by atoms with Crippen molar-refractivity contribution in [1.29, 1.82) is 0 Å². The van der Waals surface area contributed by atoms with Gasteiger partial charge in [0.1, 0.15) is 5.54 Å². The number of hydrogen-bond donors (Lipinski definition) is 1. The van der Waals surface area contributed by atoms with E-state index in [1.165, 1.54) is 7.11 Å². The summed E-state index contributed by atoms with van der Waals surface area (Å²) in [5.41, 5.74) is 0.842. The Morgan fingerprint density at radius 2 is 1.82 bits per heavy atom. The summed E-state index contributed by atoms with van der Waals surface area (Å²) in [7, 11) is 1.40. The van der Waals surface area contributed by atoms with Crippen LogP contribution in [0, 0.1) is 11.8 Å². The fraction of sp³-hybridized carbons (Fsp3) is 0.333. The van der Waals surface area contributed by atoms with Gasteiger partial charge in [0.05, 0.1) is 25.7 Å². The topological polar surface area (TPSA) is 73.9 Å². The van der Waals surface area contributed by atoms with Crippen molar-refractivity contribution in [2.75, 3.05) is 13.7 Å². The molecule has 168 valence electrons. The van der Waals surface area contributed by atoms with Crippen molar-refractivity contribution in [2.24, 2.45) is 11.8 Å². The van der Waals surface area contributed by atoms with Crippen molar-refractivity contribution in [3.8, 4) is 0 Å². The van der Waals surface area contributed by atoms with Gasteiger partial charge in [0.15, 0.2) is 5.78 Å². The van der Waals surface area contributed by atoms with E-state index in [0.717, 1.165) is 21.9 Å². The van der Waals surface area contributed by atoms with Gasteiger partial charge in [-0.05, 0) is 28.0 Å². The zero-order valence-corrected chi connectivity index (χ0v) is 18.3. The Hall–Kier alpha value is -3.06. The number of benzene rings is 3. The first-order chi connectivity index (χ1) is 16.1. The number of carbonyl (C=O) groups excluding carboxylic acids is 2. The molecule has 0 unspecified atom stereocenters. The highest BCUT2D eigenvalue weighted by molar-refractivity contribution is 5.92. The second kappa shape index (κ2) is 7.76. The van der Waals surface area contributed by atoms with E-state index in [-0.39, 0.29) is 30.5 Å². The fourth-order valence-electron chi connectivity index (χ4n) is 6.01. The number of Topliss-reactive ketones (excluding diaryl/α,β-unsaturated/α-hetero) is 1. The molecule has 3 aliphatic rings. The third kappa shape index (κ3) is 3.13. The Balaban J connectivity index is 1.50. The number of methoxy groups -OCH3 is 1. The minimum atomic E-state index is -1.12. The summed E-state index contributed by atoms with van der Waals surface area (Å²) >= 11 is 0. The first-order valence-corrected chi connectivity index (χ1v) is 11.3. The van der Waals surface area contributed by atoms with Crippen molar-refractivity contribution >= 4 is 22.5 Å². The number of hydrogen-bond acceptors (Lipinski definition) is 6. The van der Waals surface area contributed by atoms with Gasteiger partial charge in [0, 0.05) is 18.4 Å². The minimum Gasteiger partial charge on any atom is -0.468 e. The highest BCUT2D eigenvalue weighted by Crippen LogP contribution is 2.52. The number of ether oxygens (including phenoxy) is 3. The minimum absolute atomic E-state index is 0.113. The molecule has 0 radical (unpaired) electrons. The van der Waals surface area contributed by atoms with Crippen LogP contribution in [0.2, 0.25) is 0 Å². The summed E-state index contributed by atoms with van der Waals surface area (Å²) in [6.07, 6.45) is -0.839. The molecule has 3 fully saturated rings. The lowest BCUT2D eigenvalue weighted by atomic mass is 9.69. The molecule has 6 heteroatoms. The van der Waals surface area contributed by atoms with Crippen molar-refractivity contribution in [1.82, 2.24) is 5.32 Å². The molecule has 0 amide bonds. The monoisotopic (exact) mass is 443 g/mol. The van der Waals surface area contributed by atoms with Crippen molar-refractivity contribution in [3.05, 3.63) is 83.9 Å². The van der Waals surface area contributed by atoms with Crippen LogP contribution in [0.25, 0.3) is 10.8 Å². The van der Waals surface area contributed by atoms with Crippen LogP contribution in [0.3, 0.4) is 0 Å². The summed E-state index contributed by atoms with van der Waals surface area (Å²) < 4.78 is 17.0. The fourth-order valence-corrected chi connectivity index (χ4v) is 6.01. The zero-order valence-electron chi connectivity index (χ0n) is 18.3. The second-order valence-electron chi connectivity index (χ2n) is 9.15. The quantitative estimate of drug-likeness (QED) is 0.625. The predicted molar refractivity (Wildman–Crippen MR) is 121 cm³/mol. The van der Waals surface area contributed by atoms with Gasteiger partial charge in [-0.3, -0.25) is 14.9 Å². The third-order valence-electron chi connectivity index (χ3n) is 7.41. The van der Waals surface area contributed by atoms with Gasteiger partial charge in [0.25, 0.3) is 0 Å². The molecule has 0 aromatic heterocycles. The predicted octanol–water partition coefficient (Wildman–Crippen LogP) is 3.20. The second-order valence-corrected chi connectivity index (χ2v) is 9.15. The summed E-state index contributed by atoms with van der Waals surface area (Å²) in [5.74, 6) is -1.36. The lowest BCUT2D eigenvalue weighted by molar-refractivity contribution is -0.170. The Morgan fingerprint density at radius 3 is 2.61 bits per heavy atom. The number of esters is 1. The first kappa shape index (κ1) is 20.5. The Kier molecular flexibility index (Phi) is 4.83. The molecule has 0 saturated carbocycles. The molecule has 6 atom stereocenters. The van der Waals surface area contributed by atoms with Gasteiger partial charge in [0.2, 0.25) is 6.29 Å². The summed E-state index contributed by atoms with van der Waals surface area (Å²) in [5, 5.41) is 5.83. The molecule has 6 nitrogen and oxygen atoms in total. The van der Waals surface area contributed by atoms with Crippen molar-refractivity contribution in [2.45, 2.75) is 30.4 Å². The highest BCUT2D eigenvalue weighted by atomic mass is 16.7. The first-order valence-electron chi connectivity index (χ1n) is 11.3. The third-order valence-corrected chi connectivity index (χ3v) is 7.41. The molecule has 6 rings (SSSR count). The van der Waals surface area contributed by atoms with Gasteiger partial charge < -0.3 is 14.2 Å². The number of fused-ring (bicyclic) bond motifs is 5. The Morgan fingerprint density at radius 1 is 1.06 bits per heavy atom. The van der Waals surface area contributed by atoms with Crippen LogP contribution in [0.4, 0.5) is 0 Å². The Labute approximate surface area is 191 Å². The number of carbonyl (C=O) groups is 2. The van der Waals surface area contributed by atoms with E-state index in [2.05, 4.69) is 29.6 Å². The molecule has 33 heavy (non-hydrogen) atoms. The molecule has 0 spiro atoms. The number of rotatable bonds is 4. The molecule has 3 heterocycles. The van der Waals surface area contributed by atoms with E-state index in [9.17, 15) is 9.59 Å². The van der Waals surface area contributed by atoms with Crippen LogP contribution in [-0.2, 0) is 30.2 Å². The van der Waals surface area contributed by atoms with E-state index in [1.807, 2.05) is 48.5 Å². The molecule has 2 bridgehead atoms. The van der Waals surface area contributed by atoms with Crippen LogP contribution in [-0.4, -0.2) is 43.4 Å². The van der Waals surface area contributed by atoms with E-state index in [1.54, 1.807) is 0 Å². The maximum absolute atomic E-state index is 13.5. The highest BCUT2D eigenvalue weighted by Gasteiger charge is 2.67. The van der Waals surface area contributed by atoms with Crippen LogP contribution < -0.4 is 5.32 Å².